The Bertz CT molecular complexity index is 1280. The van der Waals surface area contributed by atoms with E-state index in [1.807, 2.05) is 0 Å². The van der Waals surface area contributed by atoms with Crippen molar-refractivity contribution in [1.29, 1.82) is 0 Å². The molecule has 4 rings (SSSR count). The summed E-state index contributed by atoms with van der Waals surface area (Å²) >= 11 is 0. The van der Waals surface area contributed by atoms with Crippen LogP contribution in [0.15, 0.2) is 54.9 Å². The molecule has 0 unspecified atom stereocenters. The van der Waals surface area contributed by atoms with Crippen LogP contribution in [0.25, 0.3) is 0 Å². The van der Waals surface area contributed by atoms with Crippen molar-refractivity contribution in [3.63, 3.8) is 0 Å². The first kappa shape index (κ1) is 27.2. The molecule has 1 saturated heterocycles. The maximum Gasteiger partial charge on any atom is 0.276 e. The number of carbonyl (C=O) groups excluding carboxylic acids is 3. The first-order valence-corrected chi connectivity index (χ1v) is 12.6. The summed E-state index contributed by atoms with van der Waals surface area (Å²) in [6.07, 6.45) is 1.47. The van der Waals surface area contributed by atoms with Gasteiger partial charge in [-0.05, 0) is 62.9 Å². The zero-order valence-electron chi connectivity index (χ0n) is 21.9. The predicted octanol–water partition coefficient (Wildman–Crippen LogP) is 2.98. The van der Waals surface area contributed by atoms with Crippen molar-refractivity contribution in [3.8, 4) is 0 Å². The van der Waals surface area contributed by atoms with Crippen molar-refractivity contribution in [2.24, 2.45) is 0 Å². The number of imidazole rings is 1. The largest absolute Gasteiger partial charge is 0.349 e. The van der Waals surface area contributed by atoms with E-state index in [2.05, 4.69) is 51.3 Å². The second-order valence-electron chi connectivity index (χ2n) is 10.2. The molecule has 2 aromatic carbocycles. The second-order valence-corrected chi connectivity index (χ2v) is 10.2. The minimum atomic E-state index is -0.523. The Kier molecular flexibility index (Phi) is 8.33. The Hall–Kier alpha value is -3.89. The number of aromatic amines is 1. The number of benzene rings is 2. The zero-order valence-corrected chi connectivity index (χ0v) is 21.9. The maximum atomic E-state index is 13.1. The van der Waals surface area contributed by atoms with Gasteiger partial charge in [0.25, 0.3) is 11.8 Å². The van der Waals surface area contributed by atoms with Gasteiger partial charge in [0.2, 0.25) is 0 Å². The molecule has 2 heterocycles. The molecule has 3 N–H and O–H groups in total. The maximum absolute atomic E-state index is 13.1. The second kappa shape index (κ2) is 11.7. The van der Waals surface area contributed by atoms with Crippen LogP contribution < -0.4 is 10.6 Å². The van der Waals surface area contributed by atoms with Gasteiger partial charge in [0, 0.05) is 55.9 Å². The fourth-order valence-corrected chi connectivity index (χ4v) is 4.37. The van der Waals surface area contributed by atoms with E-state index in [1.165, 1.54) is 30.6 Å². The lowest BCUT2D eigenvalue weighted by molar-refractivity contribution is 0.0586. The fraction of sp³-hybridized carbons (Fsp3) is 0.357. The highest BCUT2D eigenvalue weighted by Crippen LogP contribution is 2.17. The fourth-order valence-electron chi connectivity index (χ4n) is 4.37. The summed E-state index contributed by atoms with van der Waals surface area (Å²) < 4.78 is 13.1. The number of piperazine rings is 1. The summed E-state index contributed by atoms with van der Waals surface area (Å²) in [4.78, 5) is 49.7. The van der Waals surface area contributed by atoms with Crippen LogP contribution in [0.5, 0.6) is 0 Å². The molecule has 1 aliphatic heterocycles. The highest BCUT2D eigenvalue weighted by Gasteiger charge is 2.30. The Morgan fingerprint density at radius 3 is 2.29 bits per heavy atom. The highest BCUT2D eigenvalue weighted by atomic mass is 19.1. The summed E-state index contributed by atoms with van der Waals surface area (Å²) in [6, 6.07) is 12.2. The number of rotatable bonds is 9. The number of carbonyl (C=O) groups is 3. The number of ketones is 1. The van der Waals surface area contributed by atoms with Crippen LogP contribution in [-0.4, -0.2) is 82.7 Å². The van der Waals surface area contributed by atoms with Gasteiger partial charge in [0.05, 0.1) is 6.33 Å². The SMILES string of the molecule is CN1CCN(C(C)(C)CNC(=O)c2[nH]cnc2C(=O)Nc2ccc(CC(=O)c3ccc(F)cc3)cc2)CC1. The molecule has 1 aromatic heterocycles. The molecular weight excluding hydrogens is 487 g/mol. The van der Waals surface area contributed by atoms with Gasteiger partial charge in [-0.2, -0.15) is 0 Å². The average molecular weight is 521 g/mol. The van der Waals surface area contributed by atoms with Gasteiger partial charge in [-0.25, -0.2) is 9.37 Å². The molecule has 1 aliphatic rings. The van der Waals surface area contributed by atoms with Crippen molar-refractivity contribution < 1.29 is 18.8 Å². The number of nitrogens with one attached hydrogen (secondary N) is 3. The first-order valence-electron chi connectivity index (χ1n) is 12.6. The van der Waals surface area contributed by atoms with E-state index >= 15 is 0 Å². The van der Waals surface area contributed by atoms with Gasteiger partial charge in [0.1, 0.15) is 11.5 Å². The molecule has 9 nitrogen and oxygen atoms in total. The molecule has 38 heavy (non-hydrogen) atoms. The van der Waals surface area contributed by atoms with Crippen LogP contribution in [0.2, 0.25) is 0 Å². The van der Waals surface area contributed by atoms with Gasteiger partial charge in [-0.1, -0.05) is 12.1 Å². The quantitative estimate of drug-likeness (QED) is 0.374. The molecule has 0 atom stereocenters. The van der Waals surface area contributed by atoms with Gasteiger partial charge in [-0.3, -0.25) is 19.3 Å². The Morgan fingerprint density at radius 2 is 1.63 bits per heavy atom. The van der Waals surface area contributed by atoms with Gasteiger partial charge in [-0.15, -0.1) is 0 Å². The molecule has 1 fully saturated rings. The number of aromatic nitrogens is 2. The first-order chi connectivity index (χ1) is 18.1. The van der Waals surface area contributed by atoms with E-state index in [1.54, 1.807) is 24.3 Å². The van der Waals surface area contributed by atoms with Crippen LogP contribution in [-0.2, 0) is 6.42 Å². The lowest BCUT2D eigenvalue weighted by atomic mass is 10.0. The van der Waals surface area contributed by atoms with E-state index in [-0.39, 0.29) is 29.1 Å². The topological polar surface area (TPSA) is 110 Å². The molecule has 10 heteroatoms. The smallest absolute Gasteiger partial charge is 0.276 e. The Balaban J connectivity index is 1.33. The van der Waals surface area contributed by atoms with Crippen molar-refractivity contribution in [2.75, 3.05) is 45.1 Å². The lowest BCUT2D eigenvalue weighted by Gasteiger charge is -2.43. The third-order valence-corrected chi connectivity index (χ3v) is 6.87. The molecule has 0 bridgehead atoms. The van der Waals surface area contributed by atoms with Gasteiger partial charge in [0.15, 0.2) is 11.5 Å². The van der Waals surface area contributed by atoms with Crippen molar-refractivity contribution in [2.45, 2.75) is 25.8 Å². The number of likely N-dealkylation sites (N-methyl/N-ethyl adjacent to an activating group) is 1. The molecule has 0 aliphatic carbocycles. The van der Waals surface area contributed by atoms with E-state index < -0.39 is 17.6 Å². The number of Topliss-reactive ketones (excluding diaryl/α,β-unsaturated/α-hetero) is 1. The van der Waals surface area contributed by atoms with Crippen molar-refractivity contribution in [1.82, 2.24) is 25.1 Å². The zero-order chi connectivity index (χ0) is 27.3. The summed E-state index contributed by atoms with van der Waals surface area (Å²) in [5, 5.41) is 5.68. The van der Waals surface area contributed by atoms with Gasteiger partial charge < -0.3 is 20.5 Å². The highest BCUT2D eigenvalue weighted by molar-refractivity contribution is 6.10. The minimum Gasteiger partial charge on any atom is -0.349 e. The normalized spacial score (nSPS) is 14.7. The molecule has 200 valence electrons. The molecule has 0 spiro atoms. The van der Waals surface area contributed by atoms with Crippen LogP contribution in [0.4, 0.5) is 10.1 Å². The molecule has 0 saturated carbocycles. The van der Waals surface area contributed by atoms with Crippen LogP contribution in [0, 0.1) is 5.82 Å². The summed E-state index contributed by atoms with van der Waals surface area (Å²) in [7, 11) is 2.10. The Labute approximate surface area is 221 Å². The standard InChI is InChI=1S/C28H33FN6O3/c1-28(2,35-14-12-34(3)13-15-35)17-30-26(37)24-25(32-18-31-24)27(38)33-22-10-4-19(5-11-22)16-23(36)20-6-8-21(29)9-7-20/h4-11,18H,12-17H2,1-3H3,(H,30,37)(H,31,32)(H,33,38). The van der Waals surface area contributed by atoms with Crippen molar-refractivity contribution in [3.05, 3.63) is 83.2 Å². The monoisotopic (exact) mass is 520 g/mol. The van der Waals surface area contributed by atoms with Crippen molar-refractivity contribution >= 4 is 23.3 Å². The molecule has 2 amide bonds. The minimum absolute atomic E-state index is 0.00420. The number of amides is 2. The summed E-state index contributed by atoms with van der Waals surface area (Å²) in [5.41, 5.74) is 1.53. The van der Waals surface area contributed by atoms with E-state index in [4.69, 9.17) is 0 Å². The molecular formula is C28H33FN6O3. The number of H-pyrrole nitrogens is 1. The van der Waals surface area contributed by atoms with Crippen LogP contribution >= 0.6 is 0 Å². The number of halogens is 1. The van der Waals surface area contributed by atoms with E-state index in [0.717, 1.165) is 31.7 Å². The molecule has 0 radical (unpaired) electrons. The number of hydrogen-bond acceptors (Lipinski definition) is 6. The Morgan fingerprint density at radius 1 is 0.974 bits per heavy atom. The third-order valence-electron chi connectivity index (χ3n) is 6.87. The predicted molar refractivity (Wildman–Crippen MR) is 143 cm³/mol. The number of nitrogens with zero attached hydrogens (tertiary/aromatic N) is 3. The lowest BCUT2D eigenvalue weighted by Crippen LogP contribution is -2.57. The van der Waals surface area contributed by atoms with E-state index in [9.17, 15) is 18.8 Å². The van der Waals surface area contributed by atoms with Crippen LogP contribution in [0.1, 0.15) is 50.7 Å². The third kappa shape index (κ3) is 6.70. The van der Waals surface area contributed by atoms with Gasteiger partial charge >= 0.3 is 0 Å². The van der Waals surface area contributed by atoms with E-state index in [0.29, 0.717) is 17.8 Å². The number of anilines is 1. The van der Waals surface area contributed by atoms with Crippen LogP contribution in [0.3, 0.4) is 0 Å². The summed E-state index contributed by atoms with van der Waals surface area (Å²) in [6.45, 7) is 8.42. The molecule has 3 aromatic rings. The average Bonchev–Trinajstić information content (AvgIpc) is 3.39. The summed E-state index contributed by atoms with van der Waals surface area (Å²) in [5.74, 6) is -1.45. The number of hydrogen-bond donors (Lipinski definition) is 3.